The van der Waals surface area contributed by atoms with Gasteiger partial charge in [-0.3, -0.25) is 0 Å². The summed E-state index contributed by atoms with van der Waals surface area (Å²) in [5.74, 6) is 0.229. The molecule has 34 heavy (non-hydrogen) atoms. The van der Waals surface area contributed by atoms with Crippen LogP contribution < -0.4 is 10.6 Å². The Labute approximate surface area is 199 Å². The average Bonchev–Trinajstić information content (AvgIpc) is 3.35. The van der Waals surface area contributed by atoms with E-state index in [-0.39, 0.29) is 11.8 Å². The van der Waals surface area contributed by atoms with Crippen LogP contribution in [0.1, 0.15) is 74.5 Å². The quantitative estimate of drug-likeness (QED) is 0.310. The van der Waals surface area contributed by atoms with Crippen molar-refractivity contribution in [3.8, 4) is 0 Å². The predicted octanol–water partition coefficient (Wildman–Crippen LogP) is 8.37. The van der Waals surface area contributed by atoms with Crippen LogP contribution in [0.15, 0.2) is 54.7 Å². The summed E-state index contributed by atoms with van der Waals surface area (Å²) in [4.78, 5) is 8.17. The highest BCUT2D eigenvalue weighted by atomic mass is 19.4. The standard InChI is InChI=1S/C27H31F3N4/c1-2-3-4-9-19-14-16-21(17-15-19)32-26-31-18-23(27(28,29)30)25(34-26)33-24-13-8-7-12-22(24)20-10-5-6-11-20/h7-8,12-18,20H,2-6,9-11H2,1H3,(H2,31,32,33,34). The molecule has 0 spiro atoms. The van der Waals surface area contributed by atoms with Gasteiger partial charge in [-0.15, -0.1) is 0 Å². The van der Waals surface area contributed by atoms with E-state index in [1.165, 1.54) is 18.4 Å². The molecule has 4 nitrogen and oxygen atoms in total. The second-order valence-electron chi connectivity index (χ2n) is 8.93. The number of aromatic nitrogens is 2. The maximum absolute atomic E-state index is 13.7. The lowest BCUT2D eigenvalue weighted by atomic mass is 9.96. The van der Waals surface area contributed by atoms with Crippen molar-refractivity contribution in [1.29, 1.82) is 0 Å². The molecule has 0 amide bonds. The van der Waals surface area contributed by atoms with Crippen molar-refractivity contribution < 1.29 is 13.2 Å². The van der Waals surface area contributed by atoms with Gasteiger partial charge in [0, 0.05) is 17.6 Å². The second kappa shape index (κ2) is 10.9. The molecule has 7 heteroatoms. The molecule has 1 saturated carbocycles. The zero-order valence-corrected chi connectivity index (χ0v) is 19.5. The number of aryl methyl sites for hydroxylation is 1. The van der Waals surface area contributed by atoms with Crippen LogP contribution in [0.2, 0.25) is 0 Å². The molecule has 1 fully saturated rings. The first-order valence-corrected chi connectivity index (χ1v) is 12.1. The number of alkyl halides is 3. The van der Waals surface area contributed by atoms with E-state index in [2.05, 4.69) is 27.5 Å². The number of anilines is 4. The van der Waals surface area contributed by atoms with Gasteiger partial charge >= 0.3 is 6.18 Å². The van der Waals surface area contributed by atoms with Crippen molar-refractivity contribution >= 4 is 23.1 Å². The fourth-order valence-corrected chi connectivity index (χ4v) is 4.54. The number of unbranched alkanes of at least 4 members (excludes halogenated alkanes) is 2. The predicted molar refractivity (Wildman–Crippen MR) is 131 cm³/mol. The molecule has 0 aliphatic heterocycles. The van der Waals surface area contributed by atoms with Crippen LogP contribution in [-0.2, 0) is 12.6 Å². The fourth-order valence-electron chi connectivity index (χ4n) is 4.54. The molecule has 1 aliphatic carbocycles. The highest BCUT2D eigenvalue weighted by Crippen LogP contribution is 2.40. The Morgan fingerprint density at radius 3 is 2.38 bits per heavy atom. The van der Waals surface area contributed by atoms with Gasteiger partial charge in [-0.25, -0.2) is 4.98 Å². The average molecular weight is 469 g/mol. The summed E-state index contributed by atoms with van der Waals surface area (Å²) in [6.45, 7) is 2.17. The molecule has 0 bridgehead atoms. The summed E-state index contributed by atoms with van der Waals surface area (Å²) < 4.78 is 41.2. The van der Waals surface area contributed by atoms with Crippen LogP contribution in [0, 0.1) is 0 Å². The first-order valence-electron chi connectivity index (χ1n) is 12.1. The van der Waals surface area contributed by atoms with E-state index in [4.69, 9.17) is 0 Å². The third-order valence-electron chi connectivity index (χ3n) is 6.38. The second-order valence-corrected chi connectivity index (χ2v) is 8.93. The van der Waals surface area contributed by atoms with Crippen molar-refractivity contribution in [2.75, 3.05) is 10.6 Å². The van der Waals surface area contributed by atoms with E-state index < -0.39 is 11.7 Å². The zero-order valence-electron chi connectivity index (χ0n) is 19.5. The van der Waals surface area contributed by atoms with E-state index >= 15 is 0 Å². The first kappa shape index (κ1) is 24.0. The SMILES string of the molecule is CCCCCc1ccc(Nc2ncc(C(F)(F)F)c(Nc3ccccc3C3CCCC3)n2)cc1. The number of nitrogens with zero attached hydrogens (tertiary/aromatic N) is 2. The lowest BCUT2D eigenvalue weighted by molar-refractivity contribution is -0.137. The number of para-hydroxylation sites is 1. The number of halogens is 3. The molecule has 0 saturated heterocycles. The molecule has 1 aliphatic rings. The topological polar surface area (TPSA) is 49.8 Å². The van der Waals surface area contributed by atoms with E-state index in [0.717, 1.165) is 56.0 Å². The van der Waals surface area contributed by atoms with Crippen molar-refractivity contribution in [3.05, 3.63) is 71.4 Å². The summed E-state index contributed by atoms with van der Waals surface area (Å²) >= 11 is 0. The molecule has 1 aromatic heterocycles. The molecule has 0 atom stereocenters. The van der Waals surface area contributed by atoms with E-state index in [1.807, 2.05) is 48.5 Å². The molecular weight excluding hydrogens is 437 g/mol. The van der Waals surface area contributed by atoms with Gasteiger partial charge in [0.15, 0.2) is 0 Å². The van der Waals surface area contributed by atoms with Gasteiger partial charge in [-0.05, 0) is 60.9 Å². The maximum Gasteiger partial charge on any atom is 0.421 e. The molecule has 4 rings (SSSR count). The largest absolute Gasteiger partial charge is 0.421 e. The summed E-state index contributed by atoms with van der Waals surface area (Å²) in [5, 5.41) is 6.02. The van der Waals surface area contributed by atoms with Crippen LogP contribution >= 0.6 is 0 Å². The maximum atomic E-state index is 13.7. The smallest absolute Gasteiger partial charge is 0.339 e. The minimum absolute atomic E-state index is 0.118. The highest BCUT2D eigenvalue weighted by Gasteiger charge is 2.35. The minimum atomic E-state index is -4.57. The van der Waals surface area contributed by atoms with Crippen molar-refractivity contribution in [1.82, 2.24) is 9.97 Å². The van der Waals surface area contributed by atoms with Crippen LogP contribution in [0.25, 0.3) is 0 Å². The number of benzene rings is 2. The van der Waals surface area contributed by atoms with E-state index in [9.17, 15) is 13.2 Å². The third-order valence-corrected chi connectivity index (χ3v) is 6.38. The van der Waals surface area contributed by atoms with Gasteiger partial charge in [0.05, 0.1) is 0 Å². The molecule has 0 radical (unpaired) electrons. The molecular formula is C27H31F3N4. The number of nitrogens with one attached hydrogen (secondary N) is 2. The minimum Gasteiger partial charge on any atom is -0.339 e. The lowest BCUT2D eigenvalue weighted by Crippen LogP contribution is -2.13. The Morgan fingerprint density at radius 2 is 1.68 bits per heavy atom. The molecule has 3 aromatic rings. The Morgan fingerprint density at radius 1 is 0.941 bits per heavy atom. The fraction of sp³-hybridized carbons (Fsp3) is 0.407. The van der Waals surface area contributed by atoms with Gasteiger partial charge in [0.2, 0.25) is 5.95 Å². The van der Waals surface area contributed by atoms with Crippen LogP contribution in [0.4, 0.5) is 36.3 Å². The normalized spacial score (nSPS) is 14.4. The van der Waals surface area contributed by atoms with Gasteiger partial charge in [-0.2, -0.15) is 18.2 Å². The number of hydrogen-bond donors (Lipinski definition) is 2. The van der Waals surface area contributed by atoms with Gasteiger partial charge in [0.25, 0.3) is 0 Å². The van der Waals surface area contributed by atoms with E-state index in [0.29, 0.717) is 11.6 Å². The summed E-state index contributed by atoms with van der Waals surface area (Å²) in [7, 11) is 0. The lowest BCUT2D eigenvalue weighted by Gasteiger charge is -2.19. The molecule has 2 aromatic carbocycles. The van der Waals surface area contributed by atoms with Crippen LogP contribution in [-0.4, -0.2) is 9.97 Å². The Kier molecular flexibility index (Phi) is 7.70. The summed E-state index contributed by atoms with van der Waals surface area (Å²) in [6, 6.07) is 15.4. The Hall–Kier alpha value is -3.09. The van der Waals surface area contributed by atoms with Gasteiger partial charge < -0.3 is 10.6 Å². The molecule has 1 heterocycles. The molecule has 0 unspecified atom stereocenters. The first-order chi connectivity index (χ1) is 16.4. The summed E-state index contributed by atoms with van der Waals surface area (Å²) in [6.07, 6.45) is 5.19. The Balaban J connectivity index is 1.57. The van der Waals surface area contributed by atoms with Crippen LogP contribution in [0.5, 0.6) is 0 Å². The Bertz CT molecular complexity index is 1070. The van der Waals surface area contributed by atoms with Gasteiger partial charge in [-0.1, -0.05) is 62.9 Å². The number of rotatable bonds is 9. The zero-order chi connectivity index (χ0) is 24.0. The highest BCUT2D eigenvalue weighted by molar-refractivity contribution is 5.66. The third kappa shape index (κ3) is 6.07. The van der Waals surface area contributed by atoms with Crippen molar-refractivity contribution in [2.24, 2.45) is 0 Å². The van der Waals surface area contributed by atoms with Gasteiger partial charge in [0.1, 0.15) is 11.4 Å². The molecule has 180 valence electrons. The van der Waals surface area contributed by atoms with Crippen molar-refractivity contribution in [3.63, 3.8) is 0 Å². The monoisotopic (exact) mass is 468 g/mol. The van der Waals surface area contributed by atoms with Crippen molar-refractivity contribution in [2.45, 2.75) is 70.4 Å². The summed E-state index contributed by atoms with van der Waals surface area (Å²) in [5.41, 5.74) is 2.79. The number of hydrogen-bond acceptors (Lipinski definition) is 4. The molecule has 2 N–H and O–H groups in total. The van der Waals surface area contributed by atoms with Crippen LogP contribution in [0.3, 0.4) is 0 Å². The van der Waals surface area contributed by atoms with E-state index in [1.54, 1.807) is 0 Å².